The van der Waals surface area contributed by atoms with Crippen LogP contribution in [-0.2, 0) is 0 Å². The SMILES string of the molecule is CN1CCC(NC(=O)c2cccc([N+](=O)[O-])c2Cl)C1. The van der Waals surface area contributed by atoms with Gasteiger partial charge in [0, 0.05) is 18.7 Å². The Morgan fingerprint density at radius 1 is 1.58 bits per heavy atom. The van der Waals surface area contributed by atoms with Crippen LogP contribution in [0.2, 0.25) is 5.02 Å². The number of hydrogen-bond donors (Lipinski definition) is 1. The van der Waals surface area contributed by atoms with Crippen molar-refractivity contribution < 1.29 is 9.72 Å². The summed E-state index contributed by atoms with van der Waals surface area (Å²) in [6.07, 6.45) is 0.870. The van der Waals surface area contributed by atoms with E-state index in [1.807, 2.05) is 7.05 Å². The highest BCUT2D eigenvalue weighted by molar-refractivity contribution is 6.35. The summed E-state index contributed by atoms with van der Waals surface area (Å²) >= 11 is 5.90. The van der Waals surface area contributed by atoms with E-state index in [2.05, 4.69) is 10.2 Å². The summed E-state index contributed by atoms with van der Waals surface area (Å²) in [4.78, 5) is 24.3. The van der Waals surface area contributed by atoms with Crippen LogP contribution in [0.4, 0.5) is 5.69 Å². The predicted molar refractivity (Wildman–Crippen MR) is 71.5 cm³/mol. The lowest BCUT2D eigenvalue weighted by atomic mass is 10.1. The maximum Gasteiger partial charge on any atom is 0.288 e. The van der Waals surface area contributed by atoms with Gasteiger partial charge in [0.1, 0.15) is 5.02 Å². The number of nitro benzene ring substituents is 1. The number of hydrogen-bond acceptors (Lipinski definition) is 4. The average molecular weight is 284 g/mol. The fraction of sp³-hybridized carbons (Fsp3) is 0.417. The summed E-state index contributed by atoms with van der Waals surface area (Å²) in [5.74, 6) is -0.367. The molecule has 2 rings (SSSR count). The number of halogens is 1. The Kier molecular flexibility index (Phi) is 4.01. The Labute approximate surface area is 115 Å². The first-order valence-corrected chi connectivity index (χ1v) is 6.29. The smallest absolute Gasteiger partial charge is 0.288 e. The lowest BCUT2D eigenvalue weighted by molar-refractivity contribution is -0.384. The topological polar surface area (TPSA) is 75.5 Å². The van der Waals surface area contributed by atoms with Crippen LogP contribution in [0.3, 0.4) is 0 Å². The zero-order chi connectivity index (χ0) is 14.0. The molecular formula is C12H14ClN3O3. The Hall–Kier alpha value is -1.66. The molecule has 0 spiro atoms. The van der Waals surface area contributed by atoms with Gasteiger partial charge in [-0.15, -0.1) is 0 Å². The zero-order valence-electron chi connectivity index (χ0n) is 10.4. The molecule has 1 saturated heterocycles. The third-order valence-corrected chi connectivity index (χ3v) is 3.54. The highest BCUT2D eigenvalue weighted by Crippen LogP contribution is 2.27. The van der Waals surface area contributed by atoms with Crippen molar-refractivity contribution in [1.82, 2.24) is 10.2 Å². The Morgan fingerprint density at radius 2 is 2.32 bits per heavy atom. The summed E-state index contributed by atoms with van der Waals surface area (Å²) < 4.78 is 0. The van der Waals surface area contributed by atoms with Crippen LogP contribution in [0.15, 0.2) is 18.2 Å². The first-order chi connectivity index (χ1) is 8.99. The second-order valence-corrected chi connectivity index (χ2v) is 5.00. The fourth-order valence-corrected chi connectivity index (χ4v) is 2.43. The van der Waals surface area contributed by atoms with Crippen LogP contribution in [0, 0.1) is 10.1 Å². The molecule has 1 fully saturated rings. The molecule has 1 atom stereocenters. The second-order valence-electron chi connectivity index (χ2n) is 4.62. The maximum atomic E-state index is 12.1. The number of nitrogens with zero attached hydrogens (tertiary/aromatic N) is 2. The van der Waals surface area contributed by atoms with Gasteiger partial charge in [0.15, 0.2) is 0 Å². The van der Waals surface area contributed by atoms with Gasteiger partial charge in [-0.3, -0.25) is 14.9 Å². The molecule has 1 aromatic rings. The van der Waals surface area contributed by atoms with Gasteiger partial charge in [0.2, 0.25) is 0 Å². The number of carbonyl (C=O) groups excluding carboxylic acids is 1. The third kappa shape index (κ3) is 3.02. The maximum absolute atomic E-state index is 12.1. The number of nitro groups is 1. The van der Waals surface area contributed by atoms with E-state index in [4.69, 9.17) is 11.6 Å². The van der Waals surface area contributed by atoms with Crippen LogP contribution in [0.25, 0.3) is 0 Å². The van der Waals surface area contributed by atoms with Crippen molar-refractivity contribution in [3.63, 3.8) is 0 Å². The normalized spacial score (nSPS) is 19.4. The number of carbonyl (C=O) groups is 1. The molecule has 6 nitrogen and oxygen atoms in total. The van der Waals surface area contributed by atoms with E-state index in [1.165, 1.54) is 18.2 Å². The van der Waals surface area contributed by atoms with Crippen molar-refractivity contribution in [3.8, 4) is 0 Å². The monoisotopic (exact) mass is 283 g/mol. The van der Waals surface area contributed by atoms with Gasteiger partial charge < -0.3 is 10.2 Å². The van der Waals surface area contributed by atoms with Crippen LogP contribution < -0.4 is 5.32 Å². The van der Waals surface area contributed by atoms with E-state index in [0.29, 0.717) is 0 Å². The first kappa shape index (κ1) is 13.8. The molecular weight excluding hydrogens is 270 g/mol. The van der Waals surface area contributed by atoms with Crippen LogP contribution in [-0.4, -0.2) is 41.9 Å². The second kappa shape index (κ2) is 5.54. The van der Waals surface area contributed by atoms with Gasteiger partial charge in [0.25, 0.3) is 11.6 Å². The van der Waals surface area contributed by atoms with Crippen molar-refractivity contribution in [3.05, 3.63) is 38.9 Å². The summed E-state index contributed by atoms with van der Waals surface area (Å²) in [6, 6.07) is 4.29. The predicted octanol–water partition coefficient (Wildman–Crippen LogP) is 1.68. The van der Waals surface area contributed by atoms with Crippen molar-refractivity contribution in [2.24, 2.45) is 0 Å². The highest BCUT2D eigenvalue weighted by atomic mass is 35.5. The van der Waals surface area contributed by atoms with Gasteiger partial charge in [-0.25, -0.2) is 0 Å². The number of rotatable bonds is 3. The van der Waals surface area contributed by atoms with E-state index >= 15 is 0 Å². The Morgan fingerprint density at radius 3 is 2.89 bits per heavy atom. The van der Waals surface area contributed by atoms with Crippen molar-refractivity contribution in [2.75, 3.05) is 20.1 Å². The molecule has 7 heteroatoms. The zero-order valence-corrected chi connectivity index (χ0v) is 11.2. The Balaban J connectivity index is 2.15. The molecule has 1 aliphatic heterocycles. The van der Waals surface area contributed by atoms with Crippen molar-refractivity contribution in [1.29, 1.82) is 0 Å². The summed E-state index contributed by atoms with van der Waals surface area (Å²) in [7, 11) is 1.98. The number of benzene rings is 1. The number of likely N-dealkylation sites (N-methyl/N-ethyl adjacent to an activating group) is 1. The van der Waals surface area contributed by atoms with E-state index in [1.54, 1.807) is 0 Å². The van der Waals surface area contributed by atoms with Gasteiger partial charge >= 0.3 is 0 Å². The minimum Gasteiger partial charge on any atom is -0.348 e. The van der Waals surface area contributed by atoms with Crippen LogP contribution in [0.5, 0.6) is 0 Å². The molecule has 1 aliphatic rings. The minimum absolute atomic E-state index is 0.0628. The van der Waals surface area contributed by atoms with Crippen LogP contribution in [0.1, 0.15) is 16.8 Å². The molecule has 102 valence electrons. The van der Waals surface area contributed by atoms with Crippen molar-refractivity contribution >= 4 is 23.2 Å². The minimum atomic E-state index is -0.595. The number of nitrogens with one attached hydrogen (secondary N) is 1. The molecule has 0 saturated carbocycles. The molecule has 0 bridgehead atoms. The number of likely N-dealkylation sites (tertiary alicyclic amines) is 1. The lowest BCUT2D eigenvalue weighted by Gasteiger charge is -2.13. The Bertz CT molecular complexity index is 521. The molecule has 1 aromatic carbocycles. The quantitative estimate of drug-likeness (QED) is 0.676. The fourth-order valence-electron chi connectivity index (χ4n) is 2.15. The largest absolute Gasteiger partial charge is 0.348 e. The molecule has 1 heterocycles. The lowest BCUT2D eigenvalue weighted by Crippen LogP contribution is -2.36. The third-order valence-electron chi connectivity index (χ3n) is 3.15. The highest BCUT2D eigenvalue weighted by Gasteiger charge is 2.24. The molecule has 1 amide bonds. The van der Waals surface area contributed by atoms with Gasteiger partial charge in [-0.05, 0) is 26.1 Å². The number of amides is 1. The van der Waals surface area contributed by atoms with E-state index in [9.17, 15) is 14.9 Å². The van der Waals surface area contributed by atoms with E-state index in [0.717, 1.165) is 19.5 Å². The summed E-state index contributed by atoms with van der Waals surface area (Å²) in [6.45, 7) is 1.70. The summed E-state index contributed by atoms with van der Waals surface area (Å²) in [5.41, 5.74) is -0.108. The molecule has 1 unspecified atom stereocenters. The molecule has 0 aliphatic carbocycles. The molecule has 1 N–H and O–H groups in total. The first-order valence-electron chi connectivity index (χ1n) is 5.91. The molecule has 0 aromatic heterocycles. The molecule has 19 heavy (non-hydrogen) atoms. The van der Waals surface area contributed by atoms with Crippen LogP contribution >= 0.6 is 11.6 Å². The standard InChI is InChI=1S/C12H14ClN3O3/c1-15-6-5-8(7-15)14-12(17)9-3-2-4-10(11(9)13)16(18)19/h2-4,8H,5-7H2,1H3,(H,14,17). The van der Waals surface area contributed by atoms with Crippen molar-refractivity contribution in [2.45, 2.75) is 12.5 Å². The molecule has 0 radical (unpaired) electrons. The van der Waals surface area contributed by atoms with Gasteiger partial charge in [-0.1, -0.05) is 17.7 Å². The summed E-state index contributed by atoms with van der Waals surface area (Å²) in [5, 5.41) is 13.5. The van der Waals surface area contributed by atoms with E-state index < -0.39 is 4.92 Å². The van der Waals surface area contributed by atoms with Gasteiger partial charge in [-0.2, -0.15) is 0 Å². The average Bonchev–Trinajstić information content (AvgIpc) is 2.74. The van der Waals surface area contributed by atoms with Gasteiger partial charge in [0.05, 0.1) is 10.5 Å². The van der Waals surface area contributed by atoms with E-state index in [-0.39, 0.29) is 28.2 Å².